The molecule has 0 fully saturated rings. The van der Waals surface area contributed by atoms with Crippen LogP contribution in [-0.2, 0) is 0 Å². The zero-order valence-electron chi connectivity index (χ0n) is 2.75. The van der Waals surface area contributed by atoms with Crippen molar-refractivity contribution in [3.05, 3.63) is 15.3 Å². The number of hydrogen-bond donors (Lipinski definition) is 0. The summed E-state index contributed by atoms with van der Waals surface area (Å²) in [6.07, 6.45) is 0. The van der Waals surface area contributed by atoms with E-state index in [-0.39, 0.29) is 41.1 Å². The van der Waals surface area contributed by atoms with E-state index in [4.69, 9.17) is 15.3 Å². The zero-order valence-corrected chi connectivity index (χ0v) is 6.38. The van der Waals surface area contributed by atoms with Crippen LogP contribution in [0.15, 0.2) is 0 Å². The molecule has 0 bridgehead atoms. The summed E-state index contributed by atoms with van der Waals surface area (Å²) in [5.74, 6) is 0. The summed E-state index contributed by atoms with van der Waals surface area (Å²) in [5, 5.41) is 14.8. The van der Waals surface area contributed by atoms with E-state index in [0.717, 1.165) is 0 Å². The SMILES string of the molecule is O.O=[N+]([O-])[O-].[La]. The fourth-order valence-corrected chi connectivity index (χ4v) is 0. The average molecular weight is 219 g/mol. The van der Waals surface area contributed by atoms with Crippen LogP contribution in [0.1, 0.15) is 0 Å². The van der Waals surface area contributed by atoms with Crippen molar-refractivity contribution < 1.29 is 46.2 Å². The quantitative estimate of drug-likeness (QED) is 0.383. The minimum Gasteiger partial charge on any atom is -0.412 e. The van der Waals surface area contributed by atoms with Crippen molar-refractivity contribution in [2.45, 2.75) is 0 Å². The van der Waals surface area contributed by atoms with E-state index in [1.54, 1.807) is 0 Å². The number of rotatable bonds is 0. The molecule has 0 aliphatic heterocycles. The van der Waals surface area contributed by atoms with Crippen LogP contribution in [0, 0.1) is 50.9 Å². The van der Waals surface area contributed by atoms with E-state index in [1.807, 2.05) is 0 Å². The molecule has 0 heterocycles. The van der Waals surface area contributed by atoms with Crippen molar-refractivity contribution in [2.75, 3.05) is 0 Å². The molecule has 6 heteroatoms. The summed E-state index contributed by atoms with van der Waals surface area (Å²) in [6, 6.07) is 0. The summed E-state index contributed by atoms with van der Waals surface area (Å²) >= 11 is 0. The minimum atomic E-state index is -1.75. The standard InChI is InChI=1S/La.NO3.H2O/c;2-1(3)4;/h;;1H2/q;-1;. The van der Waals surface area contributed by atoms with Gasteiger partial charge in [-0.05, 0) is 0 Å². The molecule has 35 valence electrons. The van der Waals surface area contributed by atoms with Crippen LogP contribution >= 0.6 is 0 Å². The normalized spacial score (nSPS) is 4.00. The van der Waals surface area contributed by atoms with Gasteiger partial charge in [0.05, 0.1) is 5.09 Å². The molecule has 0 saturated heterocycles. The molecule has 0 saturated carbocycles. The largest absolute Gasteiger partial charge is 0.412 e. The second-order valence-corrected chi connectivity index (χ2v) is 0.224. The fourth-order valence-electron chi connectivity index (χ4n) is 0. The van der Waals surface area contributed by atoms with Crippen LogP contribution in [0.2, 0.25) is 0 Å². The maximum Gasteiger partial charge on any atom is 0.0689 e. The van der Waals surface area contributed by atoms with Crippen LogP contribution in [0.25, 0.3) is 0 Å². The molecule has 5 nitrogen and oxygen atoms in total. The first kappa shape index (κ1) is 16.2. The molecule has 0 unspecified atom stereocenters. The van der Waals surface area contributed by atoms with Crippen molar-refractivity contribution >= 4 is 0 Å². The maximum absolute atomic E-state index is 8.25. The van der Waals surface area contributed by atoms with E-state index in [1.165, 1.54) is 0 Å². The van der Waals surface area contributed by atoms with Crippen LogP contribution in [0.5, 0.6) is 0 Å². The minimum absolute atomic E-state index is 0. The second-order valence-electron chi connectivity index (χ2n) is 0.224. The number of nitrogens with zero attached hydrogens (tertiary/aromatic N) is 1. The van der Waals surface area contributed by atoms with Gasteiger partial charge in [-0.2, -0.15) is 0 Å². The summed E-state index contributed by atoms with van der Waals surface area (Å²) in [5.41, 5.74) is 0. The Balaban J connectivity index is -0.0000000450. The van der Waals surface area contributed by atoms with Gasteiger partial charge in [0.25, 0.3) is 0 Å². The Morgan fingerprint density at radius 1 is 1.33 bits per heavy atom. The third kappa shape index (κ3) is 389. The Labute approximate surface area is 61.4 Å². The van der Waals surface area contributed by atoms with E-state index in [0.29, 0.717) is 0 Å². The van der Waals surface area contributed by atoms with Gasteiger partial charge < -0.3 is 20.8 Å². The van der Waals surface area contributed by atoms with Crippen molar-refractivity contribution in [2.24, 2.45) is 0 Å². The van der Waals surface area contributed by atoms with Crippen LogP contribution in [0.4, 0.5) is 0 Å². The third-order valence-electron chi connectivity index (χ3n) is 0. The molecule has 0 spiro atoms. The Hall–Kier alpha value is 0.355. The van der Waals surface area contributed by atoms with Crippen LogP contribution in [0.3, 0.4) is 0 Å². The van der Waals surface area contributed by atoms with Crippen molar-refractivity contribution in [3.8, 4) is 0 Å². The van der Waals surface area contributed by atoms with E-state index < -0.39 is 5.09 Å². The van der Waals surface area contributed by atoms with Crippen molar-refractivity contribution in [3.63, 3.8) is 0 Å². The molecule has 0 aromatic rings. The molecule has 0 aliphatic rings. The molecule has 0 amide bonds. The molecular weight excluding hydrogens is 217 g/mol. The Kier molecular flexibility index (Phi) is 24.3. The first-order valence-electron chi connectivity index (χ1n) is 0.548. The average Bonchev–Trinajstić information content (AvgIpc) is 0.811. The fraction of sp³-hybridized carbons (Fsp3) is 0. The van der Waals surface area contributed by atoms with Crippen LogP contribution < -0.4 is 0 Å². The van der Waals surface area contributed by atoms with Gasteiger partial charge in [-0.15, -0.1) is 0 Å². The van der Waals surface area contributed by atoms with Gasteiger partial charge in [0.15, 0.2) is 0 Å². The molecule has 0 aliphatic carbocycles. The maximum atomic E-state index is 8.25. The van der Waals surface area contributed by atoms with Gasteiger partial charge in [-0.25, -0.2) is 0 Å². The van der Waals surface area contributed by atoms with Crippen molar-refractivity contribution in [1.29, 1.82) is 0 Å². The van der Waals surface area contributed by atoms with E-state index >= 15 is 0 Å². The van der Waals surface area contributed by atoms with Gasteiger partial charge in [0.1, 0.15) is 0 Å². The molecule has 0 rings (SSSR count). The van der Waals surface area contributed by atoms with E-state index in [9.17, 15) is 0 Å². The molecule has 2 N–H and O–H groups in total. The first-order valence-corrected chi connectivity index (χ1v) is 0.548. The molecule has 0 aromatic carbocycles. The van der Waals surface area contributed by atoms with Gasteiger partial charge in [0.2, 0.25) is 0 Å². The monoisotopic (exact) mass is 219 g/mol. The van der Waals surface area contributed by atoms with Gasteiger partial charge in [-0.1, -0.05) is 0 Å². The summed E-state index contributed by atoms with van der Waals surface area (Å²) in [4.78, 5) is 8.25. The van der Waals surface area contributed by atoms with Crippen LogP contribution in [-0.4, -0.2) is 10.6 Å². The van der Waals surface area contributed by atoms with Gasteiger partial charge in [0, 0.05) is 35.6 Å². The summed E-state index contributed by atoms with van der Waals surface area (Å²) in [6.45, 7) is 0. The first-order chi connectivity index (χ1) is 1.73. The van der Waals surface area contributed by atoms with E-state index in [2.05, 4.69) is 0 Å². The predicted octanol–water partition coefficient (Wildman–Crippen LogP) is -1.06. The Morgan fingerprint density at radius 3 is 1.33 bits per heavy atom. The van der Waals surface area contributed by atoms with Gasteiger partial charge in [-0.3, -0.25) is 0 Å². The topological polar surface area (TPSA) is 97.7 Å². The molecule has 0 atom stereocenters. The van der Waals surface area contributed by atoms with Crippen molar-refractivity contribution in [1.82, 2.24) is 0 Å². The summed E-state index contributed by atoms with van der Waals surface area (Å²) in [7, 11) is 0. The summed E-state index contributed by atoms with van der Waals surface area (Å²) < 4.78 is 0. The Morgan fingerprint density at radius 2 is 1.33 bits per heavy atom. The Bertz CT molecular complexity index is 30.5. The van der Waals surface area contributed by atoms with Gasteiger partial charge >= 0.3 is 0 Å². The molecule has 6 heavy (non-hydrogen) atoms. The third-order valence-corrected chi connectivity index (χ3v) is 0. The number of hydrogen-bond acceptors (Lipinski definition) is 3. The molecule has 0 aromatic heterocycles. The molecular formula is H2LaNO4-. The smallest absolute Gasteiger partial charge is 0.0689 e. The predicted molar refractivity (Wildman–Crippen MR) is 14.0 cm³/mol. The molecule has 1 radical (unpaired) electrons. The zero-order chi connectivity index (χ0) is 3.58. The second kappa shape index (κ2) is 9.02.